The lowest BCUT2D eigenvalue weighted by atomic mass is 10.3. The number of halogens is 1. The van der Waals surface area contributed by atoms with Gasteiger partial charge in [-0.15, -0.1) is 0 Å². The van der Waals surface area contributed by atoms with E-state index < -0.39 is 0 Å². The monoisotopic (exact) mass is 264 g/mol. The molecule has 0 bridgehead atoms. The highest BCUT2D eigenvalue weighted by molar-refractivity contribution is 9.10. The Hall–Kier alpha value is -1.42. The molecule has 0 spiro atoms. The van der Waals surface area contributed by atoms with E-state index in [1.165, 1.54) is 0 Å². The first kappa shape index (κ1) is 8.85. The van der Waals surface area contributed by atoms with Gasteiger partial charge in [0.15, 0.2) is 10.8 Å². The molecule has 0 radical (unpaired) electrons. The zero-order chi connectivity index (χ0) is 10.3. The Morgan fingerprint density at radius 3 is 2.20 bits per heavy atom. The molecular formula is C11H9BrN2O. The van der Waals surface area contributed by atoms with E-state index in [2.05, 4.69) is 26.6 Å². The first-order valence-electron chi connectivity index (χ1n) is 4.70. The number of fused-ring (bicyclic) bond motifs is 1. The fraction of sp³-hybridized carbons (Fsp3) is 0.0909. The zero-order valence-electron chi connectivity index (χ0n) is 7.83. The van der Waals surface area contributed by atoms with Crippen LogP contribution in [0.3, 0.4) is 0 Å². The van der Waals surface area contributed by atoms with Gasteiger partial charge in [-0.25, -0.2) is 0 Å². The summed E-state index contributed by atoms with van der Waals surface area (Å²) >= 11 is 3.29. The highest BCUT2D eigenvalue weighted by Crippen LogP contribution is 2.35. The van der Waals surface area contributed by atoms with E-state index >= 15 is 0 Å². The quantitative estimate of drug-likeness (QED) is 0.827. The van der Waals surface area contributed by atoms with Gasteiger partial charge < -0.3 is 15.1 Å². The average molecular weight is 265 g/mol. The summed E-state index contributed by atoms with van der Waals surface area (Å²) in [6, 6.07) is 11.9. The highest BCUT2D eigenvalue weighted by atomic mass is 79.9. The first-order chi connectivity index (χ1) is 7.33. The fourth-order valence-electron chi connectivity index (χ4n) is 1.71. The van der Waals surface area contributed by atoms with E-state index in [0.29, 0.717) is 0 Å². The SMILES string of the molecule is Brc1ccc(C2Nc3ccccc3N2)o1. The van der Waals surface area contributed by atoms with E-state index in [4.69, 9.17) is 4.42 Å². The van der Waals surface area contributed by atoms with Crippen molar-refractivity contribution in [1.29, 1.82) is 0 Å². The maximum absolute atomic E-state index is 5.49. The first-order valence-corrected chi connectivity index (χ1v) is 5.49. The summed E-state index contributed by atoms with van der Waals surface area (Å²) in [6.07, 6.45) is 0.0219. The minimum atomic E-state index is 0.0219. The summed E-state index contributed by atoms with van der Waals surface area (Å²) < 4.78 is 6.24. The Morgan fingerprint density at radius 2 is 1.67 bits per heavy atom. The van der Waals surface area contributed by atoms with E-state index in [1.54, 1.807) is 0 Å². The average Bonchev–Trinajstić information content (AvgIpc) is 2.82. The second-order valence-corrected chi connectivity index (χ2v) is 4.19. The van der Waals surface area contributed by atoms with E-state index in [-0.39, 0.29) is 6.17 Å². The minimum absolute atomic E-state index is 0.0219. The Kier molecular flexibility index (Phi) is 1.95. The van der Waals surface area contributed by atoms with Crippen molar-refractivity contribution in [2.24, 2.45) is 0 Å². The van der Waals surface area contributed by atoms with Gasteiger partial charge in [0, 0.05) is 0 Å². The van der Waals surface area contributed by atoms with Crippen molar-refractivity contribution >= 4 is 27.3 Å². The van der Waals surface area contributed by atoms with Gasteiger partial charge in [0.2, 0.25) is 0 Å². The molecule has 4 heteroatoms. The molecule has 0 fully saturated rings. The second-order valence-electron chi connectivity index (χ2n) is 3.41. The van der Waals surface area contributed by atoms with Crippen molar-refractivity contribution < 1.29 is 4.42 Å². The lowest BCUT2D eigenvalue weighted by Crippen LogP contribution is -2.10. The number of benzene rings is 1. The number of anilines is 2. The molecule has 0 atom stereocenters. The summed E-state index contributed by atoms with van der Waals surface area (Å²) in [5.41, 5.74) is 2.21. The van der Waals surface area contributed by atoms with Gasteiger partial charge in [-0.05, 0) is 40.2 Å². The third kappa shape index (κ3) is 1.51. The van der Waals surface area contributed by atoms with Crippen molar-refractivity contribution in [3.05, 3.63) is 46.8 Å². The zero-order valence-corrected chi connectivity index (χ0v) is 9.41. The number of hydrogen-bond acceptors (Lipinski definition) is 3. The van der Waals surface area contributed by atoms with Crippen molar-refractivity contribution in [2.75, 3.05) is 10.6 Å². The van der Waals surface area contributed by atoms with Gasteiger partial charge in [-0.1, -0.05) is 12.1 Å². The van der Waals surface area contributed by atoms with Crippen LogP contribution in [-0.4, -0.2) is 0 Å². The van der Waals surface area contributed by atoms with Crippen LogP contribution in [0.15, 0.2) is 45.5 Å². The Bertz CT molecular complexity index is 470. The van der Waals surface area contributed by atoms with Crippen LogP contribution in [0.2, 0.25) is 0 Å². The molecule has 1 aromatic carbocycles. The summed E-state index contributed by atoms with van der Waals surface area (Å²) in [7, 11) is 0. The van der Waals surface area contributed by atoms with Gasteiger partial charge in [-0.3, -0.25) is 0 Å². The summed E-state index contributed by atoms with van der Waals surface area (Å²) in [5.74, 6) is 0.873. The maximum atomic E-state index is 5.49. The molecule has 3 rings (SSSR count). The van der Waals surface area contributed by atoms with Crippen LogP contribution in [0.4, 0.5) is 11.4 Å². The van der Waals surface area contributed by atoms with Gasteiger partial charge in [0.25, 0.3) is 0 Å². The topological polar surface area (TPSA) is 37.2 Å². The second kappa shape index (κ2) is 3.31. The molecule has 0 saturated heterocycles. The summed E-state index contributed by atoms with van der Waals surface area (Å²) in [6.45, 7) is 0. The highest BCUT2D eigenvalue weighted by Gasteiger charge is 2.22. The largest absolute Gasteiger partial charge is 0.450 e. The number of rotatable bonds is 1. The molecule has 2 aromatic rings. The molecule has 0 amide bonds. The standard InChI is InChI=1S/C11H9BrN2O/c12-10-6-5-9(15-10)11-13-7-3-1-2-4-8(7)14-11/h1-6,11,13-14H. The van der Waals surface area contributed by atoms with Gasteiger partial charge >= 0.3 is 0 Å². The Morgan fingerprint density at radius 1 is 1.00 bits per heavy atom. The van der Waals surface area contributed by atoms with E-state index in [1.807, 2.05) is 36.4 Å². The number of para-hydroxylation sites is 2. The molecule has 0 saturated carbocycles. The Balaban J connectivity index is 1.90. The third-order valence-corrected chi connectivity index (χ3v) is 2.83. The smallest absolute Gasteiger partial charge is 0.169 e. The fourth-order valence-corrected chi connectivity index (χ4v) is 2.03. The van der Waals surface area contributed by atoms with E-state index in [9.17, 15) is 0 Å². The molecule has 0 unspecified atom stereocenters. The Labute approximate surface area is 95.6 Å². The molecule has 2 N–H and O–H groups in total. The molecule has 0 aliphatic carbocycles. The minimum Gasteiger partial charge on any atom is -0.450 e. The van der Waals surface area contributed by atoms with Gasteiger partial charge in [0.1, 0.15) is 5.76 Å². The van der Waals surface area contributed by atoms with Crippen LogP contribution < -0.4 is 10.6 Å². The van der Waals surface area contributed by atoms with Gasteiger partial charge in [-0.2, -0.15) is 0 Å². The van der Waals surface area contributed by atoms with Crippen LogP contribution in [0, 0.1) is 0 Å². The molecule has 76 valence electrons. The lowest BCUT2D eigenvalue weighted by Gasteiger charge is -2.08. The molecule has 1 aromatic heterocycles. The number of furan rings is 1. The lowest BCUT2D eigenvalue weighted by molar-refractivity contribution is 0.476. The molecular weight excluding hydrogens is 256 g/mol. The van der Waals surface area contributed by atoms with Crippen LogP contribution in [0.1, 0.15) is 11.9 Å². The molecule has 15 heavy (non-hydrogen) atoms. The van der Waals surface area contributed by atoms with Crippen molar-refractivity contribution in [2.45, 2.75) is 6.17 Å². The van der Waals surface area contributed by atoms with Crippen LogP contribution >= 0.6 is 15.9 Å². The summed E-state index contributed by atoms with van der Waals surface area (Å²) in [4.78, 5) is 0. The van der Waals surface area contributed by atoms with Gasteiger partial charge in [0.05, 0.1) is 11.4 Å². The number of nitrogens with one attached hydrogen (secondary N) is 2. The maximum Gasteiger partial charge on any atom is 0.169 e. The molecule has 2 heterocycles. The number of hydrogen-bond donors (Lipinski definition) is 2. The summed E-state index contributed by atoms with van der Waals surface area (Å²) in [5, 5.41) is 6.68. The molecule has 1 aliphatic heterocycles. The predicted molar refractivity (Wildman–Crippen MR) is 62.8 cm³/mol. The van der Waals surface area contributed by atoms with Crippen molar-refractivity contribution in [1.82, 2.24) is 0 Å². The van der Waals surface area contributed by atoms with Crippen molar-refractivity contribution in [3.63, 3.8) is 0 Å². The molecule has 3 nitrogen and oxygen atoms in total. The normalized spacial score (nSPS) is 14.5. The van der Waals surface area contributed by atoms with Crippen LogP contribution in [0.25, 0.3) is 0 Å². The molecule has 1 aliphatic rings. The third-order valence-electron chi connectivity index (χ3n) is 2.41. The van der Waals surface area contributed by atoms with Crippen molar-refractivity contribution in [3.8, 4) is 0 Å². The van der Waals surface area contributed by atoms with Crippen LogP contribution in [-0.2, 0) is 0 Å². The van der Waals surface area contributed by atoms with E-state index in [0.717, 1.165) is 21.8 Å². The van der Waals surface area contributed by atoms with Crippen LogP contribution in [0.5, 0.6) is 0 Å². The predicted octanol–water partition coefficient (Wildman–Crippen LogP) is 3.58.